The number of aliphatic imine (C=N–C) groups is 1. The van der Waals surface area contributed by atoms with Crippen molar-refractivity contribution in [3.8, 4) is 0 Å². The van der Waals surface area contributed by atoms with Crippen LogP contribution < -0.4 is 0 Å². The molecule has 2 saturated carbocycles. The fraction of sp³-hybridized carbons (Fsp3) is 0.778. The Kier molecular flexibility index (Phi) is 3.39. The van der Waals surface area contributed by atoms with Gasteiger partial charge in [0.1, 0.15) is 6.10 Å². The summed E-state index contributed by atoms with van der Waals surface area (Å²) in [5.74, 6) is 3.31. The van der Waals surface area contributed by atoms with Crippen LogP contribution in [0.4, 0.5) is 0 Å². The fourth-order valence-electron chi connectivity index (χ4n) is 4.31. The number of ether oxygens (including phenoxy) is 1. The molecule has 2 fully saturated rings. The highest BCUT2D eigenvalue weighted by atomic mass is 16.5. The number of carbonyl (C=O) groups excluding carboxylic acids is 1. The Hall–Kier alpha value is -1.12. The van der Waals surface area contributed by atoms with Gasteiger partial charge in [0, 0.05) is 6.42 Å². The zero-order valence-electron chi connectivity index (χ0n) is 12.9. The molecule has 0 aromatic rings. The Morgan fingerprint density at radius 1 is 1.14 bits per heavy atom. The van der Waals surface area contributed by atoms with E-state index >= 15 is 0 Å². The highest BCUT2D eigenvalue weighted by Crippen LogP contribution is 2.45. The number of carbonyl (C=O) groups is 1. The molecular weight excluding hydrogens is 262 g/mol. The van der Waals surface area contributed by atoms with Gasteiger partial charge in [0.05, 0.1) is 12.0 Å². The number of ketones is 1. The Balaban J connectivity index is 1.47. The van der Waals surface area contributed by atoms with E-state index in [1.165, 1.54) is 38.5 Å². The summed E-state index contributed by atoms with van der Waals surface area (Å²) >= 11 is 0. The average molecular weight is 287 g/mol. The van der Waals surface area contributed by atoms with Crippen LogP contribution in [-0.2, 0) is 9.53 Å². The van der Waals surface area contributed by atoms with Gasteiger partial charge >= 0.3 is 0 Å². The highest BCUT2D eigenvalue weighted by molar-refractivity contribution is 5.97. The monoisotopic (exact) mass is 287 g/mol. The molecule has 0 N–H and O–H groups in total. The molecule has 3 nitrogen and oxygen atoms in total. The summed E-state index contributed by atoms with van der Waals surface area (Å²) < 4.78 is 6.27. The molecule has 1 heterocycles. The van der Waals surface area contributed by atoms with Crippen molar-refractivity contribution in [3.63, 3.8) is 0 Å². The molecule has 1 aliphatic heterocycles. The van der Waals surface area contributed by atoms with E-state index in [0.29, 0.717) is 18.6 Å². The number of hydrogen-bond donors (Lipinski definition) is 0. The molecule has 4 rings (SSSR count). The quantitative estimate of drug-likeness (QED) is 0.777. The lowest BCUT2D eigenvalue weighted by atomic mass is 9.90. The molecule has 0 amide bonds. The topological polar surface area (TPSA) is 38.7 Å². The van der Waals surface area contributed by atoms with Crippen LogP contribution in [0.1, 0.15) is 58.3 Å². The third-order valence-corrected chi connectivity index (χ3v) is 5.78. The van der Waals surface area contributed by atoms with E-state index in [-0.39, 0.29) is 11.7 Å². The predicted octanol–water partition coefficient (Wildman–Crippen LogP) is 3.68. The van der Waals surface area contributed by atoms with Crippen molar-refractivity contribution in [2.24, 2.45) is 22.7 Å². The molecule has 0 saturated heterocycles. The van der Waals surface area contributed by atoms with Gasteiger partial charge in [0.25, 0.3) is 0 Å². The van der Waals surface area contributed by atoms with Crippen LogP contribution >= 0.6 is 0 Å². The van der Waals surface area contributed by atoms with E-state index in [1.54, 1.807) is 0 Å². The summed E-state index contributed by atoms with van der Waals surface area (Å²) in [5, 5.41) is 0. The van der Waals surface area contributed by atoms with Crippen molar-refractivity contribution in [2.75, 3.05) is 0 Å². The molecule has 4 unspecified atom stereocenters. The van der Waals surface area contributed by atoms with Crippen molar-refractivity contribution in [2.45, 2.75) is 70.4 Å². The minimum atomic E-state index is 0.244. The van der Waals surface area contributed by atoms with Crippen LogP contribution in [0.2, 0.25) is 0 Å². The lowest BCUT2D eigenvalue weighted by Crippen LogP contribution is -2.26. The first-order chi connectivity index (χ1) is 10.2. The van der Waals surface area contributed by atoms with Gasteiger partial charge < -0.3 is 4.74 Å². The number of allylic oxidation sites excluding steroid dienone is 1. The first kappa shape index (κ1) is 13.5. The lowest BCUT2D eigenvalue weighted by molar-refractivity contribution is -0.116. The van der Waals surface area contributed by atoms with Crippen molar-refractivity contribution >= 4 is 11.7 Å². The number of hydrogen-bond acceptors (Lipinski definition) is 3. The maximum absolute atomic E-state index is 11.6. The lowest BCUT2D eigenvalue weighted by Gasteiger charge is -2.22. The van der Waals surface area contributed by atoms with Crippen LogP contribution in [0.3, 0.4) is 0 Å². The molecule has 3 aliphatic carbocycles. The molecule has 0 aromatic carbocycles. The maximum atomic E-state index is 11.6. The normalized spacial score (nSPS) is 40.0. The summed E-state index contributed by atoms with van der Waals surface area (Å²) in [6, 6.07) is 0.384. The number of nitrogens with zero attached hydrogens (tertiary/aromatic N) is 1. The fourth-order valence-corrected chi connectivity index (χ4v) is 4.31. The summed E-state index contributed by atoms with van der Waals surface area (Å²) in [7, 11) is 0. The van der Waals surface area contributed by atoms with Crippen LogP contribution in [0.25, 0.3) is 0 Å². The van der Waals surface area contributed by atoms with Crippen molar-refractivity contribution < 1.29 is 9.53 Å². The van der Waals surface area contributed by atoms with E-state index < -0.39 is 0 Å². The van der Waals surface area contributed by atoms with E-state index in [2.05, 4.69) is 6.08 Å². The Bertz CT molecular complexity index is 503. The zero-order valence-corrected chi connectivity index (χ0v) is 12.9. The van der Waals surface area contributed by atoms with Crippen molar-refractivity contribution in [1.29, 1.82) is 0 Å². The van der Waals surface area contributed by atoms with E-state index in [4.69, 9.17) is 9.73 Å². The van der Waals surface area contributed by atoms with Gasteiger partial charge in [-0.25, -0.2) is 4.99 Å². The van der Waals surface area contributed by atoms with Crippen molar-refractivity contribution in [3.05, 3.63) is 11.6 Å². The van der Waals surface area contributed by atoms with Gasteiger partial charge in [-0.3, -0.25) is 4.79 Å². The first-order valence-corrected chi connectivity index (χ1v) is 8.66. The van der Waals surface area contributed by atoms with E-state index in [9.17, 15) is 4.79 Å². The van der Waals surface area contributed by atoms with Crippen LogP contribution in [0, 0.1) is 17.8 Å². The SMILES string of the molecule is CC1=CC(C2=NC3CCCC(C4CC4)CC3O2)CCC1=O. The van der Waals surface area contributed by atoms with Gasteiger partial charge in [-0.05, 0) is 62.9 Å². The summed E-state index contributed by atoms with van der Waals surface area (Å²) in [6.45, 7) is 1.92. The van der Waals surface area contributed by atoms with Crippen LogP contribution in [0.5, 0.6) is 0 Å². The van der Waals surface area contributed by atoms with Gasteiger partial charge in [0.15, 0.2) is 11.7 Å². The molecule has 0 radical (unpaired) electrons. The predicted molar refractivity (Wildman–Crippen MR) is 82.3 cm³/mol. The second kappa shape index (κ2) is 5.26. The molecule has 21 heavy (non-hydrogen) atoms. The highest BCUT2D eigenvalue weighted by Gasteiger charge is 2.41. The summed E-state index contributed by atoms with van der Waals surface area (Å²) in [4.78, 5) is 16.5. The standard InChI is InChI=1S/C18H25NO2/c1-11-9-14(7-8-16(11)20)18-19-15-4-2-3-13(12-5-6-12)10-17(15)21-18/h9,12-15,17H,2-8,10H2,1H3. The second-order valence-corrected chi connectivity index (χ2v) is 7.37. The zero-order chi connectivity index (χ0) is 14.4. The third kappa shape index (κ3) is 2.67. The number of Topliss-reactive ketones (excluding diaryl/α,β-unsaturated/α-hetero) is 1. The molecule has 114 valence electrons. The molecule has 3 heteroatoms. The minimum Gasteiger partial charge on any atom is -0.475 e. The average Bonchev–Trinajstić information content (AvgIpc) is 3.26. The number of fused-ring (bicyclic) bond motifs is 1. The third-order valence-electron chi connectivity index (χ3n) is 5.78. The summed E-state index contributed by atoms with van der Waals surface area (Å²) in [6.07, 6.45) is 11.9. The molecule has 4 aliphatic rings. The maximum Gasteiger partial charge on any atom is 0.191 e. The van der Waals surface area contributed by atoms with Crippen molar-refractivity contribution in [1.82, 2.24) is 0 Å². The summed E-state index contributed by atoms with van der Waals surface area (Å²) in [5.41, 5.74) is 0.889. The molecule has 4 atom stereocenters. The molecule has 0 bridgehead atoms. The Morgan fingerprint density at radius 3 is 2.76 bits per heavy atom. The van der Waals surface area contributed by atoms with Gasteiger partial charge in [-0.1, -0.05) is 12.5 Å². The molecule has 0 spiro atoms. The largest absolute Gasteiger partial charge is 0.475 e. The minimum absolute atomic E-state index is 0.244. The molecule has 0 aromatic heterocycles. The number of rotatable bonds is 2. The van der Waals surface area contributed by atoms with Gasteiger partial charge in [-0.15, -0.1) is 0 Å². The van der Waals surface area contributed by atoms with E-state index in [1.807, 2.05) is 6.92 Å². The molecular formula is C18H25NO2. The second-order valence-electron chi connectivity index (χ2n) is 7.37. The van der Waals surface area contributed by atoms with Gasteiger partial charge in [-0.2, -0.15) is 0 Å². The Morgan fingerprint density at radius 2 is 2.00 bits per heavy atom. The van der Waals surface area contributed by atoms with E-state index in [0.717, 1.165) is 29.7 Å². The smallest absolute Gasteiger partial charge is 0.191 e. The Labute approximate surface area is 126 Å². The van der Waals surface area contributed by atoms with Crippen LogP contribution in [0.15, 0.2) is 16.6 Å². The van der Waals surface area contributed by atoms with Crippen LogP contribution in [-0.4, -0.2) is 23.8 Å². The van der Waals surface area contributed by atoms with Gasteiger partial charge in [0.2, 0.25) is 0 Å². The first-order valence-electron chi connectivity index (χ1n) is 8.66.